The molecule has 0 bridgehead atoms. The number of nitrogens with zero attached hydrogens (tertiary/aromatic N) is 1. The number of nitrogens with one attached hydrogen (secondary N) is 1. The third-order valence-electron chi connectivity index (χ3n) is 1.74. The van der Waals surface area contributed by atoms with Gasteiger partial charge in [-0.15, -0.1) is 4.91 Å². The normalized spacial score (nSPS) is 9.54. The second-order valence-corrected chi connectivity index (χ2v) is 2.91. The molecule has 5 nitrogen and oxygen atoms in total. The van der Waals surface area contributed by atoms with Gasteiger partial charge < -0.3 is 5.11 Å². The second-order valence-electron chi connectivity index (χ2n) is 2.91. The number of carboxylic acids is 1. The quantitative estimate of drug-likeness (QED) is 0.328. The molecule has 0 aliphatic heterocycles. The summed E-state index contributed by atoms with van der Waals surface area (Å²) in [6.45, 7) is 0.614. The highest BCUT2D eigenvalue weighted by Gasteiger charge is 1.95. The van der Waals surface area contributed by atoms with Crippen LogP contribution in [0.25, 0.3) is 0 Å². The largest absolute Gasteiger partial charge is 0.481 e. The van der Waals surface area contributed by atoms with E-state index in [-0.39, 0.29) is 6.42 Å². The third kappa shape index (κ3) is 10.9. The molecule has 0 radical (unpaired) electrons. The molecule has 0 atom stereocenters. The fraction of sp³-hybridized carbons (Fsp3) is 0.875. The predicted molar refractivity (Wildman–Crippen MR) is 49.1 cm³/mol. The summed E-state index contributed by atoms with van der Waals surface area (Å²) in [5.74, 6) is -0.730. The van der Waals surface area contributed by atoms with Crippen molar-refractivity contribution < 1.29 is 9.90 Å². The van der Waals surface area contributed by atoms with Crippen LogP contribution < -0.4 is 5.43 Å². The van der Waals surface area contributed by atoms with Gasteiger partial charge in [-0.3, -0.25) is 10.2 Å². The monoisotopic (exact) mass is 188 g/mol. The summed E-state index contributed by atoms with van der Waals surface area (Å²) in [6, 6.07) is 0. The lowest BCUT2D eigenvalue weighted by Crippen LogP contribution is -2.05. The van der Waals surface area contributed by atoms with Crippen LogP contribution in [0.1, 0.15) is 38.5 Å². The number of rotatable bonds is 9. The van der Waals surface area contributed by atoms with Gasteiger partial charge in [0.2, 0.25) is 0 Å². The molecular weight excluding hydrogens is 172 g/mol. The molecule has 0 aromatic carbocycles. The first-order valence-corrected chi connectivity index (χ1v) is 4.54. The summed E-state index contributed by atoms with van der Waals surface area (Å²) < 4.78 is 0. The summed E-state index contributed by atoms with van der Waals surface area (Å²) in [5.41, 5.74) is 2.33. The number of unbranched alkanes of at least 4 members (excludes halogenated alkanes) is 4. The molecule has 0 unspecified atom stereocenters. The van der Waals surface area contributed by atoms with Crippen LogP contribution in [-0.2, 0) is 4.79 Å². The summed E-state index contributed by atoms with van der Waals surface area (Å²) in [5, 5.41) is 10.8. The van der Waals surface area contributed by atoms with Crippen molar-refractivity contribution in [2.24, 2.45) is 5.29 Å². The lowest BCUT2D eigenvalue weighted by Gasteiger charge is -1.98. The Morgan fingerprint density at radius 2 is 1.77 bits per heavy atom. The van der Waals surface area contributed by atoms with Crippen LogP contribution in [0.3, 0.4) is 0 Å². The predicted octanol–water partition coefficient (Wildman–Crippen LogP) is 1.68. The van der Waals surface area contributed by atoms with E-state index >= 15 is 0 Å². The van der Waals surface area contributed by atoms with E-state index in [0.717, 1.165) is 32.1 Å². The fourth-order valence-corrected chi connectivity index (χ4v) is 1.06. The van der Waals surface area contributed by atoms with Crippen molar-refractivity contribution in [2.75, 3.05) is 6.54 Å². The highest BCUT2D eigenvalue weighted by Crippen LogP contribution is 2.04. The Balaban J connectivity index is 2.91. The fourth-order valence-electron chi connectivity index (χ4n) is 1.06. The van der Waals surface area contributed by atoms with Gasteiger partial charge in [0.15, 0.2) is 0 Å². The van der Waals surface area contributed by atoms with E-state index in [1.165, 1.54) is 0 Å². The molecule has 0 rings (SSSR count). The highest BCUT2D eigenvalue weighted by atomic mass is 16.4. The average molecular weight is 188 g/mol. The first kappa shape index (κ1) is 11.9. The van der Waals surface area contributed by atoms with Gasteiger partial charge in [0, 0.05) is 18.3 Å². The van der Waals surface area contributed by atoms with Crippen LogP contribution in [0, 0.1) is 4.91 Å². The van der Waals surface area contributed by atoms with Crippen molar-refractivity contribution in [2.45, 2.75) is 38.5 Å². The van der Waals surface area contributed by atoms with Gasteiger partial charge in [0.05, 0.1) is 0 Å². The van der Waals surface area contributed by atoms with Crippen LogP contribution in [0.5, 0.6) is 0 Å². The molecule has 2 N–H and O–H groups in total. The summed E-state index contributed by atoms with van der Waals surface area (Å²) >= 11 is 0. The van der Waals surface area contributed by atoms with Crippen LogP contribution in [-0.4, -0.2) is 17.6 Å². The van der Waals surface area contributed by atoms with E-state index in [1.807, 2.05) is 0 Å². The van der Waals surface area contributed by atoms with Crippen molar-refractivity contribution >= 4 is 5.97 Å². The first-order chi connectivity index (χ1) is 6.27. The van der Waals surface area contributed by atoms with Crippen molar-refractivity contribution in [3.8, 4) is 0 Å². The van der Waals surface area contributed by atoms with Crippen molar-refractivity contribution in [3.63, 3.8) is 0 Å². The summed E-state index contributed by atoms with van der Waals surface area (Å²) in [6.07, 6.45) is 4.90. The minimum absolute atomic E-state index is 0.258. The number of aliphatic carboxylic acids is 1. The Kier molecular flexibility index (Phi) is 8.18. The molecule has 76 valence electrons. The van der Waals surface area contributed by atoms with Gasteiger partial charge >= 0.3 is 5.97 Å². The number of hydrogen-bond acceptors (Lipinski definition) is 3. The van der Waals surface area contributed by atoms with Crippen LogP contribution >= 0.6 is 0 Å². The minimum Gasteiger partial charge on any atom is -0.481 e. The Labute approximate surface area is 77.5 Å². The van der Waals surface area contributed by atoms with E-state index in [1.54, 1.807) is 0 Å². The molecule has 5 heteroatoms. The molecular formula is C8H16N2O3. The first-order valence-electron chi connectivity index (χ1n) is 4.54. The van der Waals surface area contributed by atoms with Crippen molar-refractivity contribution in [1.82, 2.24) is 5.43 Å². The Bertz CT molecular complexity index is 150. The molecule has 0 saturated carbocycles. The minimum atomic E-state index is -0.730. The topological polar surface area (TPSA) is 78.8 Å². The molecule has 0 fully saturated rings. The zero-order valence-electron chi connectivity index (χ0n) is 7.66. The number of carboxylic acid groups (broad SMARTS) is 1. The zero-order valence-corrected chi connectivity index (χ0v) is 7.66. The molecule has 0 aliphatic rings. The van der Waals surface area contributed by atoms with Gasteiger partial charge in [-0.25, -0.2) is 0 Å². The molecule has 0 heterocycles. The van der Waals surface area contributed by atoms with Crippen molar-refractivity contribution in [3.05, 3.63) is 4.91 Å². The maximum atomic E-state index is 10.1. The van der Waals surface area contributed by atoms with E-state index in [0.29, 0.717) is 6.54 Å². The summed E-state index contributed by atoms with van der Waals surface area (Å²) in [4.78, 5) is 19.7. The van der Waals surface area contributed by atoms with Gasteiger partial charge in [-0.2, -0.15) is 0 Å². The number of nitroso groups, excluding NO2 is 1. The lowest BCUT2D eigenvalue weighted by molar-refractivity contribution is -0.137. The van der Waals surface area contributed by atoms with E-state index in [2.05, 4.69) is 10.7 Å². The van der Waals surface area contributed by atoms with Gasteiger partial charge in [-0.1, -0.05) is 19.3 Å². The van der Waals surface area contributed by atoms with Crippen LogP contribution in [0.15, 0.2) is 5.29 Å². The molecule has 0 saturated heterocycles. The standard InChI is InChI=1S/C8H16N2O3/c11-8(12)6-4-2-1-3-5-7-9-10-13/h1-7H2,(H,9,13)(H,11,12). The molecule has 0 spiro atoms. The smallest absolute Gasteiger partial charge is 0.303 e. The van der Waals surface area contributed by atoms with Crippen molar-refractivity contribution in [1.29, 1.82) is 0 Å². The van der Waals surface area contributed by atoms with E-state index in [4.69, 9.17) is 5.11 Å². The Morgan fingerprint density at radius 3 is 2.38 bits per heavy atom. The average Bonchev–Trinajstić information content (AvgIpc) is 2.09. The maximum absolute atomic E-state index is 10.1. The Hall–Kier alpha value is -1.13. The molecule has 0 amide bonds. The molecule has 13 heavy (non-hydrogen) atoms. The van der Waals surface area contributed by atoms with Crippen LogP contribution in [0.4, 0.5) is 0 Å². The maximum Gasteiger partial charge on any atom is 0.303 e. The van der Waals surface area contributed by atoms with Gasteiger partial charge in [0.1, 0.15) is 0 Å². The highest BCUT2D eigenvalue weighted by molar-refractivity contribution is 5.66. The third-order valence-corrected chi connectivity index (χ3v) is 1.74. The van der Waals surface area contributed by atoms with E-state index in [9.17, 15) is 9.70 Å². The SMILES string of the molecule is O=NNCCCCCCCC(=O)O. The summed E-state index contributed by atoms with van der Waals surface area (Å²) in [7, 11) is 0. The molecule has 0 aliphatic carbocycles. The number of hydrogen-bond donors (Lipinski definition) is 2. The Morgan fingerprint density at radius 1 is 1.15 bits per heavy atom. The van der Waals surface area contributed by atoms with Gasteiger partial charge in [-0.05, 0) is 12.8 Å². The van der Waals surface area contributed by atoms with E-state index < -0.39 is 5.97 Å². The second kappa shape index (κ2) is 8.96. The number of carbonyl (C=O) groups is 1. The molecule has 0 aromatic heterocycles. The lowest BCUT2D eigenvalue weighted by atomic mass is 10.1. The zero-order chi connectivity index (χ0) is 9.94. The molecule has 0 aromatic rings. The van der Waals surface area contributed by atoms with Gasteiger partial charge in [0.25, 0.3) is 0 Å². The van der Waals surface area contributed by atoms with Crippen LogP contribution in [0.2, 0.25) is 0 Å².